The Morgan fingerprint density at radius 1 is 0.865 bits per heavy atom. The van der Waals surface area contributed by atoms with Crippen LogP contribution in [0.4, 0.5) is 24.5 Å². The third-order valence-electron chi connectivity index (χ3n) is 5.72. The minimum Gasteiger partial charge on any atom is -0.320 e. The number of nitrogens with zero attached hydrogens (tertiary/aromatic N) is 1. The highest BCUT2D eigenvalue weighted by Crippen LogP contribution is 2.30. The molecule has 1 aromatic heterocycles. The van der Waals surface area contributed by atoms with Crippen molar-refractivity contribution in [1.82, 2.24) is 4.68 Å². The van der Waals surface area contributed by atoms with Crippen molar-refractivity contribution in [3.05, 3.63) is 93.6 Å². The van der Waals surface area contributed by atoms with Gasteiger partial charge in [0.15, 0.2) is 0 Å². The summed E-state index contributed by atoms with van der Waals surface area (Å²) in [5.41, 5.74) is 4.08. The maximum Gasteiger partial charge on any atom is 0.416 e. The van der Waals surface area contributed by atoms with Crippen LogP contribution < -0.4 is 16.1 Å². The number of hydrogen-bond donors (Lipinski definition) is 3. The monoisotopic (exact) mass is 572 g/mol. The van der Waals surface area contributed by atoms with E-state index in [-0.39, 0.29) is 11.4 Å². The Kier molecular flexibility index (Phi) is 7.08. The lowest BCUT2D eigenvalue weighted by molar-refractivity contribution is -0.137. The van der Waals surface area contributed by atoms with Gasteiger partial charge in [0.1, 0.15) is 5.69 Å². The number of nitrogens with one attached hydrogen (secondary N) is 3. The van der Waals surface area contributed by atoms with Crippen LogP contribution in [0.2, 0.25) is 0 Å². The summed E-state index contributed by atoms with van der Waals surface area (Å²) < 4.78 is 40.8. The number of aromatic nitrogens is 1. The number of alkyl halides is 3. The predicted molar refractivity (Wildman–Crippen MR) is 138 cm³/mol. The molecule has 0 radical (unpaired) electrons. The summed E-state index contributed by atoms with van der Waals surface area (Å²) in [6.45, 7) is 3.76. The summed E-state index contributed by atoms with van der Waals surface area (Å²) in [7, 11) is 0. The molecule has 4 rings (SSSR count). The number of hydrogen-bond acceptors (Lipinski definition) is 3. The Morgan fingerprint density at radius 3 is 2.32 bits per heavy atom. The summed E-state index contributed by atoms with van der Waals surface area (Å²) in [4.78, 5) is 38.5. The standard InChI is InChI=1S/C26H20BrF3N4O3/c1-14-5-3-8-20(15(14)2)32-23(35)22-12-16-11-18(27)9-10-21(16)34(22)33-25(37)24(36)31-19-7-4-6-17(13-19)26(28,29)30/h3-13H,1-2H3,(H,31,36)(H,32,35)(H,33,37). The van der Waals surface area contributed by atoms with Crippen LogP contribution in [-0.4, -0.2) is 22.4 Å². The maximum absolute atomic E-state index is 13.2. The van der Waals surface area contributed by atoms with Gasteiger partial charge < -0.3 is 10.6 Å². The van der Waals surface area contributed by atoms with Gasteiger partial charge in [-0.1, -0.05) is 34.1 Å². The number of benzene rings is 3. The first-order valence-corrected chi connectivity index (χ1v) is 11.7. The number of amides is 3. The fourth-order valence-electron chi connectivity index (χ4n) is 3.66. The third-order valence-corrected chi connectivity index (χ3v) is 6.21. The first-order valence-electron chi connectivity index (χ1n) is 10.9. The van der Waals surface area contributed by atoms with Gasteiger partial charge >= 0.3 is 18.0 Å². The van der Waals surface area contributed by atoms with Gasteiger partial charge in [0, 0.05) is 21.2 Å². The van der Waals surface area contributed by atoms with Crippen LogP contribution >= 0.6 is 15.9 Å². The molecular formula is C26H20BrF3N4O3. The van der Waals surface area contributed by atoms with Crippen molar-refractivity contribution >= 4 is 55.9 Å². The van der Waals surface area contributed by atoms with E-state index in [0.717, 1.165) is 38.5 Å². The maximum atomic E-state index is 13.2. The summed E-state index contributed by atoms with van der Waals surface area (Å²) in [5.74, 6) is -2.93. The molecular weight excluding hydrogens is 553 g/mol. The SMILES string of the molecule is Cc1cccc(NC(=O)c2cc3cc(Br)ccc3n2NC(=O)C(=O)Nc2cccc(C(F)(F)F)c2)c1C. The molecule has 0 aliphatic carbocycles. The highest BCUT2D eigenvalue weighted by atomic mass is 79.9. The molecule has 1 heterocycles. The van der Waals surface area contributed by atoms with Gasteiger partial charge in [-0.15, -0.1) is 0 Å². The summed E-state index contributed by atoms with van der Waals surface area (Å²) >= 11 is 3.36. The van der Waals surface area contributed by atoms with E-state index in [0.29, 0.717) is 16.6 Å². The normalized spacial score (nSPS) is 11.3. The Balaban J connectivity index is 1.62. The quantitative estimate of drug-likeness (QED) is 0.262. The van der Waals surface area contributed by atoms with Crippen molar-refractivity contribution in [3.8, 4) is 0 Å². The Hall–Kier alpha value is -4.12. The fraction of sp³-hybridized carbons (Fsp3) is 0.115. The molecule has 0 saturated carbocycles. The number of carbonyl (C=O) groups is 3. The summed E-state index contributed by atoms with van der Waals surface area (Å²) in [6, 6.07) is 16.0. The number of anilines is 2. The van der Waals surface area contributed by atoms with Crippen LogP contribution in [0.5, 0.6) is 0 Å². The second-order valence-electron chi connectivity index (χ2n) is 8.24. The first-order chi connectivity index (χ1) is 17.4. The minimum atomic E-state index is -4.61. The zero-order chi connectivity index (χ0) is 26.9. The van der Waals surface area contributed by atoms with Crippen molar-refractivity contribution in [1.29, 1.82) is 0 Å². The average molecular weight is 573 g/mol. The zero-order valence-electron chi connectivity index (χ0n) is 19.5. The largest absolute Gasteiger partial charge is 0.416 e. The van der Waals surface area contributed by atoms with E-state index in [4.69, 9.17) is 0 Å². The summed E-state index contributed by atoms with van der Waals surface area (Å²) in [5, 5.41) is 5.57. The number of halogens is 4. The molecule has 0 spiro atoms. The highest BCUT2D eigenvalue weighted by molar-refractivity contribution is 9.10. The average Bonchev–Trinajstić information content (AvgIpc) is 3.19. The molecule has 0 aliphatic rings. The molecule has 4 aromatic rings. The van der Waals surface area contributed by atoms with E-state index in [1.54, 1.807) is 36.4 Å². The van der Waals surface area contributed by atoms with E-state index >= 15 is 0 Å². The Labute approximate surface area is 217 Å². The highest BCUT2D eigenvalue weighted by Gasteiger charge is 2.30. The minimum absolute atomic E-state index is 0.0363. The van der Waals surface area contributed by atoms with Crippen LogP contribution in [0, 0.1) is 13.8 Å². The lowest BCUT2D eigenvalue weighted by Crippen LogP contribution is -2.36. The first kappa shape index (κ1) is 26.0. The lowest BCUT2D eigenvalue weighted by Gasteiger charge is -2.14. The van der Waals surface area contributed by atoms with Crippen molar-refractivity contribution in [2.75, 3.05) is 16.1 Å². The topological polar surface area (TPSA) is 92.2 Å². The predicted octanol–water partition coefficient (Wildman–Crippen LogP) is 6.00. The molecule has 0 unspecified atom stereocenters. The second-order valence-corrected chi connectivity index (χ2v) is 9.16. The summed E-state index contributed by atoms with van der Waals surface area (Å²) in [6.07, 6.45) is -4.61. The molecule has 0 atom stereocenters. The van der Waals surface area contributed by atoms with Gasteiger partial charge in [-0.05, 0) is 73.5 Å². The number of aryl methyl sites for hydroxylation is 1. The van der Waals surface area contributed by atoms with E-state index in [2.05, 4.69) is 32.0 Å². The molecule has 0 saturated heterocycles. The lowest BCUT2D eigenvalue weighted by atomic mass is 10.1. The van der Waals surface area contributed by atoms with Gasteiger partial charge in [-0.2, -0.15) is 13.2 Å². The van der Waals surface area contributed by atoms with Gasteiger partial charge in [0.25, 0.3) is 5.91 Å². The van der Waals surface area contributed by atoms with Crippen LogP contribution in [0.3, 0.4) is 0 Å². The van der Waals surface area contributed by atoms with Gasteiger partial charge in [-0.25, -0.2) is 4.68 Å². The number of fused-ring (bicyclic) bond motifs is 1. The number of rotatable bonds is 4. The molecule has 37 heavy (non-hydrogen) atoms. The molecule has 7 nitrogen and oxygen atoms in total. The van der Waals surface area contributed by atoms with Crippen molar-refractivity contribution in [2.24, 2.45) is 0 Å². The molecule has 3 N–H and O–H groups in total. The molecule has 3 aromatic carbocycles. The van der Waals surface area contributed by atoms with Crippen molar-refractivity contribution in [2.45, 2.75) is 20.0 Å². The van der Waals surface area contributed by atoms with Gasteiger partial charge in [0.2, 0.25) is 0 Å². The van der Waals surface area contributed by atoms with Crippen molar-refractivity contribution in [3.63, 3.8) is 0 Å². The van der Waals surface area contributed by atoms with Crippen molar-refractivity contribution < 1.29 is 27.6 Å². The van der Waals surface area contributed by atoms with Crippen LogP contribution in [0.1, 0.15) is 27.2 Å². The van der Waals surface area contributed by atoms with Crippen LogP contribution in [-0.2, 0) is 15.8 Å². The Morgan fingerprint density at radius 2 is 1.59 bits per heavy atom. The van der Waals surface area contributed by atoms with E-state index in [1.165, 1.54) is 6.07 Å². The number of carbonyl (C=O) groups excluding carboxylic acids is 3. The second kappa shape index (κ2) is 10.1. The van der Waals surface area contributed by atoms with Gasteiger partial charge in [0.05, 0.1) is 11.1 Å². The van der Waals surface area contributed by atoms with Crippen LogP contribution in [0.25, 0.3) is 10.9 Å². The Bertz CT molecular complexity index is 1550. The van der Waals surface area contributed by atoms with E-state index in [9.17, 15) is 27.6 Å². The van der Waals surface area contributed by atoms with E-state index in [1.807, 2.05) is 19.9 Å². The molecule has 0 fully saturated rings. The molecule has 11 heteroatoms. The smallest absolute Gasteiger partial charge is 0.320 e. The third kappa shape index (κ3) is 5.67. The molecule has 0 aliphatic heterocycles. The zero-order valence-corrected chi connectivity index (χ0v) is 21.1. The molecule has 190 valence electrons. The van der Waals surface area contributed by atoms with Gasteiger partial charge in [-0.3, -0.25) is 19.8 Å². The molecule has 3 amide bonds. The fourth-order valence-corrected chi connectivity index (χ4v) is 4.04. The van der Waals surface area contributed by atoms with Crippen LogP contribution in [0.15, 0.2) is 71.2 Å². The molecule has 0 bridgehead atoms. The van der Waals surface area contributed by atoms with E-state index < -0.39 is 29.5 Å².